The van der Waals surface area contributed by atoms with E-state index in [9.17, 15) is 4.79 Å². The summed E-state index contributed by atoms with van der Waals surface area (Å²) in [5.74, 6) is 0.989. The lowest BCUT2D eigenvalue weighted by Gasteiger charge is -2.37. The Bertz CT molecular complexity index is 1550. The summed E-state index contributed by atoms with van der Waals surface area (Å²) in [7, 11) is 0. The van der Waals surface area contributed by atoms with E-state index in [2.05, 4.69) is 35.6 Å². The van der Waals surface area contributed by atoms with Gasteiger partial charge in [0.05, 0.1) is 28.9 Å². The van der Waals surface area contributed by atoms with Crippen LogP contribution in [0.1, 0.15) is 30.5 Å². The lowest BCUT2D eigenvalue weighted by molar-refractivity contribution is -0.131. The van der Waals surface area contributed by atoms with Crippen LogP contribution in [0.2, 0.25) is 5.02 Å². The third-order valence-corrected chi connectivity index (χ3v) is 7.46. The van der Waals surface area contributed by atoms with E-state index in [-0.39, 0.29) is 5.91 Å². The molecule has 1 aliphatic carbocycles. The van der Waals surface area contributed by atoms with Crippen LogP contribution in [0, 0.1) is 10.8 Å². The second kappa shape index (κ2) is 10.9. The third-order valence-electron chi connectivity index (χ3n) is 7.06. The molecule has 0 atom stereocenters. The maximum absolute atomic E-state index is 12.7. The molecular weight excluding hydrogens is 532 g/mol. The number of fused-ring (bicyclic) bond motifs is 1. The van der Waals surface area contributed by atoms with Gasteiger partial charge >= 0.3 is 0 Å². The normalized spacial score (nSPS) is 15.3. The van der Waals surface area contributed by atoms with Gasteiger partial charge in [0.15, 0.2) is 11.5 Å². The number of hydrogen-bond donors (Lipinski definition) is 4. The van der Waals surface area contributed by atoms with Crippen molar-refractivity contribution in [3.05, 3.63) is 53.3 Å². The predicted molar refractivity (Wildman–Crippen MR) is 154 cm³/mol. The maximum Gasteiger partial charge on any atom is 0.247 e. The Hall–Kier alpha value is -4.52. The van der Waals surface area contributed by atoms with Crippen LogP contribution < -0.4 is 15.5 Å². The highest BCUT2D eigenvalue weighted by Gasteiger charge is 2.26. The lowest BCUT2D eigenvalue weighted by atomic mass is 10.1. The number of nitrogens with zero attached hydrogens (tertiary/aromatic N) is 8. The van der Waals surface area contributed by atoms with Gasteiger partial charge in [-0.2, -0.15) is 4.98 Å². The molecule has 1 aromatic carbocycles. The summed E-state index contributed by atoms with van der Waals surface area (Å²) in [4.78, 5) is 29.8. The van der Waals surface area contributed by atoms with Crippen molar-refractivity contribution < 1.29 is 4.79 Å². The molecule has 14 heteroatoms. The van der Waals surface area contributed by atoms with Crippen molar-refractivity contribution >= 4 is 58.7 Å². The van der Waals surface area contributed by atoms with E-state index < -0.39 is 0 Å². The van der Waals surface area contributed by atoms with Gasteiger partial charge in [-0.3, -0.25) is 4.79 Å². The topological polar surface area (TPSA) is 156 Å². The summed E-state index contributed by atoms with van der Waals surface area (Å²) >= 11 is 6.92. The number of carbonyl (C=O) groups is 1. The van der Waals surface area contributed by atoms with Crippen molar-refractivity contribution in [1.82, 2.24) is 34.0 Å². The second-order valence-corrected chi connectivity index (χ2v) is 10.2. The van der Waals surface area contributed by atoms with Crippen molar-refractivity contribution in [2.45, 2.75) is 31.8 Å². The number of benzene rings is 1. The number of piperazine rings is 1. The van der Waals surface area contributed by atoms with Crippen LogP contribution in [0.4, 0.5) is 23.1 Å². The van der Waals surface area contributed by atoms with E-state index in [1.54, 1.807) is 29.3 Å². The monoisotopic (exact) mass is 560 g/mol. The highest BCUT2D eigenvalue weighted by molar-refractivity contribution is 6.36. The molecule has 0 spiro atoms. The van der Waals surface area contributed by atoms with E-state index in [0.29, 0.717) is 84.6 Å². The molecule has 4 aromatic rings. The number of halogens is 1. The largest absolute Gasteiger partial charge is 0.367 e. The fourth-order valence-electron chi connectivity index (χ4n) is 4.72. The fourth-order valence-corrected chi connectivity index (χ4v) is 5.00. The van der Waals surface area contributed by atoms with Crippen LogP contribution in [0.5, 0.6) is 0 Å². The molecule has 6 rings (SSSR count). The van der Waals surface area contributed by atoms with Crippen molar-refractivity contribution in [3.63, 3.8) is 0 Å². The first-order valence-corrected chi connectivity index (χ1v) is 13.5. The van der Waals surface area contributed by atoms with Crippen molar-refractivity contribution in [2.24, 2.45) is 0 Å². The Labute approximate surface area is 235 Å². The van der Waals surface area contributed by atoms with Crippen LogP contribution in [0.3, 0.4) is 0 Å². The highest BCUT2D eigenvalue weighted by Crippen LogP contribution is 2.36. The predicted octanol–water partition coefficient (Wildman–Crippen LogP) is 3.03. The number of carbonyl (C=O) groups excluding carboxylic acids is 1. The van der Waals surface area contributed by atoms with Crippen molar-refractivity contribution in [1.29, 1.82) is 10.8 Å². The number of rotatable bonds is 10. The maximum atomic E-state index is 12.7. The van der Waals surface area contributed by atoms with E-state index in [0.717, 1.165) is 18.5 Å². The molecule has 13 nitrogen and oxygen atoms in total. The summed E-state index contributed by atoms with van der Waals surface area (Å²) < 4.78 is 3.47. The number of hydrogen-bond acceptors (Lipinski definition) is 10. The Morgan fingerprint density at radius 1 is 1.15 bits per heavy atom. The number of anilines is 4. The number of imidazole rings is 2. The quantitative estimate of drug-likeness (QED) is 0.216. The molecule has 0 bridgehead atoms. The van der Waals surface area contributed by atoms with Crippen LogP contribution in [0.25, 0.3) is 5.65 Å². The summed E-state index contributed by atoms with van der Waals surface area (Å²) in [6, 6.07) is 4.01. The van der Waals surface area contributed by atoms with E-state index in [1.807, 2.05) is 21.7 Å². The molecule has 1 aliphatic heterocycles. The van der Waals surface area contributed by atoms with Gasteiger partial charge in [-0.15, -0.1) is 5.10 Å². The zero-order valence-corrected chi connectivity index (χ0v) is 22.5. The molecule has 1 saturated heterocycles. The molecule has 4 heterocycles. The molecule has 1 amide bonds. The molecule has 2 fully saturated rings. The number of amides is 1. The smallest absolute Gasteiger partial charge is 0.247 e. The number of aryl methyl sites for hydroxylation is 1. The second-order valence-electron chi connectivity index (χ2n) is 9.85. The van der Waals surface area contributed by atoms with Crippen molar-refractivity contribution in [2.75, 3.05) is 41.7 Å². The van der Waals surface area contributed by atoms with E-state index in [1.165, 1.54) is 12.4 Å². The van der Waals surface area contributed by atoms with Crippen molar-refractivity contribution in [3.8, 4) is 0 Å². The number of aromatic nitrogens is 6. The summed E-state index contributed by atoms with van der Waals surface area (Å²) in [5, 5.41) is 27.3. The zero-order chi connectivity index (χ0) is 27.6. The average molecular weight is 561 g/mol. The molecule has 0 unspecified atom stereocenters. The van der Waals surface area contributed by atoms with Gasteiger partial charge in [0.1, 0.15) is 5.69 Å². The fraction of sp³-hybridized carbons (Fsp3) is 0.346. The van der Waals surface area contributed by atoms with Gasteiger partial charge in [0.25, 0.3) is 0 Å². The van der Waals surface area contributed by atoms with Gasteiger partial charge < -0.3 is 35.8 Å². The standard InChI is InChI=1S/C26H29ClN12O/c27-23-20(33-26-34-24(32-18-1-2-18)25-31-15-19(14-29)39(25)35-26)11-17(13-28)12-21(23)37-7-9-38(10-8-37)22(40)3-5-36-6-4-30-16-36/h4,6,11-16,18,28-29H,1-3,5,7-10H2,(H2,32,33,34,35). The lowest BCUT2D eigenvalue weighted by Crippen LogP contribution is -2.49. The third kappa shape index (κ3) is 5.32. The van der Waals surface area contributed by atoms with Gasteiger partial charge in [-0.05, 0) is 30.5 Å². The first-order chi connectivity index (χ1) is 19.5. The molecule has 4 N–H and O–H groups in total. The Morgan fingerprint density at radius 3 is 2.67 bits per heavy atom. The van der Waals surface area contributed by atoms with E-state index >= 15 is 0 Å². The van der Waals surface area contributed by atoms with Crippen LogP contribution >= 0.6 is 11.6 Å². The first kappa shape index (κ1) is 25.7. The SMILES string of the molecule is N=Cc1cc(Nc2nc(NC3CC3)c3ncc(C=N)n3n2)c(Cl)c(N2CCN(C(=O)CCn3ccnc3)CC2)c1. The van der Waals surface area contributed by atoms with E-state index in [4.69, 9.17) is 22.4 Å². The minimum atomic E-state index is 0.113. The van der Waals surface area contributed by atoms with Crippen LogP contribution in [-0.4, -0.2) is 84.6 Å². The molecule has 3 aromatic heterocycles. The molecule has 2 aliphatic rings. The summed E-state index contributed by atoms with van der Waals surface area (Å²) in [6.45, 7) is 3.01. The molecular formula is C26H29ClN12O. The van der Waals surface area contributed by atoms with Crippen LogP contribution in [0.15, 0.2) is 37.1 Å². The Morgan fingerprint density at radius 2 is 1.98 bits per heavy atom. The average Bonchev–Trinajstić information content (AvgIpc) is 3.45. The molecule has 0 radical (unpaired) electrons. The molecule has 1 saturated carbocycles. The van der Waals surface area contributed by atoms with Crippen LogP contribution in [-0.2, 0) is 11.3 Å². The number of nitrogens with one attached hydrogen (secondary N) is 4. The molecule has 40 heavy (non-hydrogen) atoms. The zero-order valence-electron chi connectivity index (χ0n) is 21.7. The minimum Gasteiger partial charge on any atom is -0.367 e. The first-order valence-electron chi connectivity index (χ1n) is 13.1. The minimum absolute atomic E-state index is 0.113. The summed E-state index contributed by atoms with van der Waals surface area (Å²) in [6.07, 6.45) is 11.9. The van der Waals surface area contributed by atoms with Gasteiger partial charge in [0, 0.05) is 70.0 Å². The van der Waals surface area contributed by atoms with Gasteiger partial charge in [-0.25, -0.2) is 14.5 Å². The molecule has 206 valence electrons. The Kier molecular flexibility index (Phi) is 7.03. The van der Waals surface area contributed by atoms with Gasteiger partial charge in [0.2, 0.25) is 11.9 Å². The summed E-state index contributed by atoms with van der Waals surface area (Å²) in [5.41, 5.74) is 3.08. The Balaban J connectivity index is 1.21. The highest BCUT2D eigenvalue weighted by atomic mass is 35.5. The van der Waals surface area contributed by atoms with Gasteiger partial charge in [-0.1, -0.05) is 11.6 Å².